The Balaban J connectivity index is 2.03. The molecule has 0 unspecified atom stereocenters. The lowest BCUT2D eigenvalue weighted by Crippen LogP contribution is -2.50. The van der Waals surface area contributed by atoms with Gasteiger partial charge in [0.05, 0.1) is 0 Å². The number of aromatic nitrogens is 2. The van der Waals surface area contributed by atoms with Gasteiger partial charge in [0.2, 0.25) is 11.9 Å². The lowest BCUT2D eigenvalue weighted by Gasteiger charge is -2.35. The number of piperazine rings is 1. The van der Waals surface area contributed by atoms with Crippen molar-refractivity contribution in [2.45, 2.75) is 27.7 Å². The Morgan fingerprint density at radius 1 is 1.29 bits per heavy atom. The van der Waals surface area contributed by atoms with Crippen LogP contribution in [0.2, 0.25) is 0 Å². The van der Waals surface area contributed by atoms with Gasteiger partial charge in [-0.2, -0.15) is 4.98 Å². The summed E-state index contributed by atoms with van der Waals surface area (Å²) in [5.74, 6) is 1.91. The molecule has 116 valence electrons. The van der Waals surface area contributed by atoms with E-state index in [9.17, 15) is 4.79 Å². The Morgan fingerprint density at radius 2 is 1.95 bits per heavy atom. The Kier molecular flexibility index (Phi) is 4.98. The highest BCUT2D eigenvalue weighted by atomic mass is 16.2. The van der Waals surface area contributed by atoms with Gasteiger partial charge < -0.3 is 15.1 Å². The zero-order valence-electron chi connectivity index (χ0n) is 13.4. The van der Waals surface area contributed by atoms with E-state index in [-0.39, 0.29) is 11.8 Å². The molecule has 0 atom stereocenters. The first-order valence-electron chi connectivity index (χ1n) is 7.64. The zero-order valence-corrected chi connectivity index (χ0v) is 13.4. The van der Waals surface area contributed by atoms with Crippen molar-refractivity contribution in [2.75, 3.05) is 42.9 Å². The van der Waals surface area contributed by atoms with Crippen molar-refractivity contribution in [1.29, 1.82) is 0 Å². The molecule has 1 saturated heterocycles. The van der Waals surface area contributed by atoms with E-state index in [1.165, 1.54) is 0 Å². The minimum atomic E-state index is 0.0622. The molecule has 1 N–H and O–H groups in total. The van der Waals surface area contributed by atoms with E-state index >= 15 is 0 Å². The van der Waals surface area contributed by atoms with E-state index in [4.69, 9.17) is 0 Å². The number of carbonyl (C=O) groups excluding carboxylic acids is 1. The molecule has 0 saturated carbocycles. The summed E-state index contributed by atoms with van der Waals surface area (Å²) in [4.78, 5) is 25.2. The van der Waals surface area contributed by atoms with E-state index in [0.29, 0.717) is 0 Å². The Morgan fingerprint density at radius 3 is 2.52 bits per heavy atom. The molecular formula is C15H25N5O. The summed E-state index contributed by atoms with van der Waals surface area (Å²) in [7, 11) is 0. The van der Waals surface area contributed by atoms with Crippen LogP contribution in [0.15, 0.2) is 6.07 Å². The van der Waals surface area contributed by atoms with Crippen molar-refractivity contribution >= 4 is 17.7 Å². The summed E-state index contributed by atoms with van der Waals surface area (Å²) in [6.45, 7) is 11.8. The monoisotopic (exact) mass is 291 g/mol. The molecule has 1 aromatic heterocycles. The van der Waals surface area contributed by atoms with Crippen molar-refractivity contribution in [3.8, 4) is 0 Å². The molecule has 2 heterocycles. The second-order valence-corrected chi connectivity index (χ2v) is 5.69. The van der Waals surface area contributed by atoms with Crippen molar-refractivity contribution in [2.24, 2.45) is 5.92 Å². The minimum absolute atomic E-state index is 0.0622. The van der Waals surface area contributed by atoms with Gasteiger partial charge in [0, 0.05) is 50.4 Å². The molecule has 1 aliphatic rings. The third-order valence-corrected chi connectivity index (χ3v) is 3.57. The summed E-state index contributed by atoms with van der Waals surface area (Å²) in [6.07, 6.45) is 0. The number of nitrogens with one attached hydrogen (secondary N) is 1. The van der Waals surface area contributed by atoms with Crippen LogP contribution in [0.5, 0.6) is 0 Å². The summed E-state index contributed by atoms with van der Waals surface area (Å²) < 4.78 is 0. The van der Waals surface area contributed by atoms with Gasteiger partial charge in [0.1, 0.15) is 5.82 Å². The van der Waals surface area contributed by atoms with Crippen molar-refractivity contribution < 1.29 is 4.79 Å². The van der Waals surface area contributed by atoms with Crippen LogP contribution < -0.4 is 10.2 Å². The first-order chi connectivity index (χ1) is 10.0. The van der Waals surface area contributed by atoms with Gasteiger partial charge in [-0.15, -0.1) is 0 Å². The topological polar surface area (TPSA) is 61.4 Å². The lowest BCUT2D eigenvalue weighted by molar-refractivity contribution is -0.134. The van der Waals surface area contributed by atoms with E-state index in [0.717, 1.165) is 50.2 Å². The average molecular weight is 291 g/mol. The summed E-state index contributed by atoms with van der Waals surface area (Å²) in [5, 5.41) is 3.23. The van der Waals surface area contributed by atoms with E-state index in [1.54, 1.807) is 0 Å². The predicted molar refractivity (Wildman–Crippen MR) is 84.6 cm³/mol. The number of hydrogen-bond donors (Lipinski definition) is 1. The predicted octanol–water partition coefficient (Wildman–Crippen LogP) is 1.52. The zero-order chi connectivity index (χ0) is 15.4. The molecule has 0 radical (unpaired) electrons. The number of hydrogen-bond acceptors (Lipinski definition) is 5. The highest BCUT2D eigenvalue weighted by Crippen LogP contribution is 2.16. The van der Waals surface area contributed by atoms with Crippen LogP contribution in [0.25, 0.3) is 0 Å². The smallest absolute Gasteiger partial charge is 0.227 e. The van der Waals surface area contributed by atoms with E-state index in [1.807, 2.05) is 38.7 Å². The molecule has 0 aromatic carbocycles. The summed E-state index contributed by atoms with van der Waals surface area (Å²) in [5.41, 5.74) is 0.955. The van der Waals surface area contributed by atoms with Crippen LogP contribution in [0.1, 0.15) is 26.5 Å². The number of rotatable bonds is 4. The van der Waals surface area contributed by atoms with E-state index < -0.39 is 0 Å². The fourth-order valence-electron chi connectivity index (χ4n) is 2.46. The highest BCUT2D eigenvalue weighted by Gasteiger charge is 2.24. The van der Waals surface area contributed by atoms with Gasteiger partial charge in [-0.3, -0.25) is 4.79 Å². The number of aryl methyl sites for hydroxylation is 1. The fourth-order valence-corrected chi connectivity index (χ4v) is 2.46. The van der Waals surface area contributed by atoms with E-state index in [2.05, 4.69) is 20.2 Å². The van der Waals surface area contributed by atoms with Crippen LogP contribution in [0.3, 0.4) is 0 Å². The van der Waals surface area contributed by atoms with Gasteiger partial charge in [-0.25, -0.2) is 4.98 Å². The third kappa shape index (κ3) is 3.83. The molecular weight excluding hydrogens is 266 g/mol. The first kappa shape index (κ1) is 15.5. The number of nitrogens with zero attached hydrogens (tertiary/aromatic N) is 4. The largest absolute Gasteiger partial charge is 0.370 e. The fraction of sp³-hybridized carbons (Fsp3) is 0.667. The first-order valence-corrected chi connectivity index (χ1v) is 7.64. The highest BCUT2D eigenvalue weighted by molar-refractivity contribution is 5.78. The van der Waals surface area contributed by atoms with Crippen LogP contribution in [-0.2, 0) is 4.79 Å². The van der Waals surface area contributed by atoms with Gasteiger partial charge in [-0.05, 0) is 13.8 Å². The summed E-state index contributed by atoms with van der Waals surface area (Å²) in [6, 6.07) is 1.95. The van der Waals surface area contributed by atoms with Crippen LogP contribution >= 0.6 is 0 Å². The van der Waals surface area contributed by atoms with Crippen LogP contribution in [0, 0.1) is 12.8 Å². The Hall–Kier alpha value is -1.85. The number of carbonyl (C=O) groups is 1. The van der Waals surface area contributed by atoms with Crippen molar-refractivity contribution in [1.82, 2.24) is 14.9 Å². The minimum Gasteiger partial charge on any atom is -0.370 e. The molecule has 21 heavy (non-hydrogen) atoms. The van der Waals surface area contributed by atoms with Crippen LogP contribution in [-0.4, -0.2) is 53.5 Å². The normalized spacial score (nSPS) is 15.5. The molecule has 2 rings (SSSR count). The molecule has 0 spiro atoms. The Labute approximate surface area is 126 Å². The Bertz CT molecular complexity index is 495. The molecule has 0 aliphatic carbocycles. The maximum Gasteiger partial charge on any atom is 0.227 e. The maximum absolute atomic E-state index is 12.0. The SMILES string of the molecule is CCNc1cc(C)nc(N2CCN(C(=O)C(C)C)CC2)n1. The average Bonchev–Trinajstić information content (AvgIpc) is 2.46. The molecule has 1 aromatic rings. The molecule has 1 amide bonds. The van der Waals surface area contributed by atoms with Gasteiger partial charge in [0.25, 0.3) is 0 Å². The second-order valence-electron chi connectivity index (χ2n) is 5.69. The molecule has 0 bridgehead atoms. The molecule has 6 nitrogen and oxygen atoms in total. The quantitative estimate of drug-likeness (QED) is 0.911. The standard InChI is InChI=1S/C15H25N5O/c1-5-16-13-10-12(4)17-15(18-13)20-8-6-19(7-9-20)14(21)11(2)3/h10-11H,5-9H2,1-4H3,(H,16,17,18). The van der Waals surface area contributed by atoms with Gasteiger partial charge in [-0.1, -0.05) is 13.8 Å². The summed E-state index contributed by atoms with van der Waals surface area (Å²) >= 11 is 0. The number of anilines is 2. The van der Waals surface area contributed by atoms with Crippen LogP contribution in [0.4, 0.5) is 11.8 Å². The molecule has 6 heteroatoms. The van der Waals surface area contributed by atoms with Crippen molar-refractivity contribution in [3.05, 3.63) is 11.8 Å². The van der Waals surface area contributed by atoms with Gasteiger partial charge >= 0.3 is 0 Å². The lowest BCUT2D eigenvalue weighted by atomic mass is 10.1. The molecule has 1 aliphatic heterocycles. The van der Waals surface area contributed by atoms with Gasteiger partial charge in [0.15, 0.2) is 0 Å². The van der Waals surface area contributed by atoms with Crippen molar-refractivity contribution in [3.63, 3.8) is 0 Å². The number of amides is 1. The second kappa shape index (κ2) is 6.74. The third-order valence-electron chi connectivity index (χ3n) is 3.57. The maximum atomic E-state index is 12.0. The molecule has 1 fully saturated rings.